The second-order valence-electron chi connectivity index (χ2n) is 6.89. The molecule has 0 saturated carbocycles. The Hall–Kier alpha value is -1.11. The van der Waals surface area contributed by atoms with Crippen molar-refractivity contribution in [1.82, 2.24) is 9.21 Å². The highest BCUT2D eigenvalue weighted by Crippen LogP contribution is 2.20. The average Bonchev–Trinajstić information content (AvgIpc) is 2.46. The first kappa shape index (κ1) is 18.2. The zero-order valence-electron chi connectivity index (χ0n) is 14.7. The monoisotopic (exact) mass is 339 g/mol. The summed E-state index contributed by atoms with van der Waals surface area (Å²) in [4.78, 5) is 4.40. The molecular formula is C17H29N3O2S. The molecule has 1 aromatic rings. The van der Waals surface area contributed by atoms with Crippen molar-refractivity contribution in [2.45, 2.75) is 19.4 Å². The predicted molar refractivity (Wildman–Crippen MR) is 96.2 cm³/mol. The molecule has 1 heterocycles. The van der Waals surface area contributed by atoms with Gasteiger partial charge in [0.15, 0.2) is 0 Å². The number of benzene rings is 1. The molecule has 1 fully saturated rings. The van der Waals surface area contributed by atoms with Crippen LogP contribution in [-0.4, -0.2) is 64.7 Å². The third-order valence-corrected chi connectivity index (χ3v) is 5.67. The Morgan fingerprint density at radius 1 is 1.26 bits per heavy atom. The minimum atomic E-state index is -3.06. The van der Waals surface area contributed by atoms with Crippen molar-refractivity contribution in [2.24, 2.45) is 5.92 Å². The summed E-state index contributed by atoms with van der Waals surface area (Å²) in [6.07, 6.45) is 3.38. The maximum atomic E-state index is 11.7. The lowest BCUT2D eigenvalue weighted by atomic mass is 9.99. The van der Waals surface area contributed by atoms with Gasteiger partial charge in [-0.25, -0.2) is 12.7 Å². The number of piperidine rings is 1. The largest absolute Gasteiger partial charge is 0.378 e. The van der Waals surface area contributed by atoms with Gasteiger partial charge in [-0.1, -0.05) is 12.1 Å². The second-order valence-corrected chi connectivity index (χ2v) is 8.87. The van der Waals surface area contributed by atoms with Crippen molar-refractivity contribution < 1.29 is 8.42 Å². The molecule has 0 aliphatic carbocycles. The van der Waals surface area contributed by atoms with Crippen molar-refractivity contribution in [1.29, 1.82) is 0 Å². The van der Waals surface area contributed by atoms with Crippen LogP contribution in [0.2, 0.25) is 0 Å². The van der Waals surface area contributed by atoms with E-state index in [9.17, 15) is 8.42 Å². The van der Waals surface area contributed by atoms with Gasteiger partial charge >= 0.3 is 0 Å². The van der Waals surface area contributed by atoms with E-state index in [2.05, 4.69) is 41.1 Å². The highest BCUT2D eigenvalue weighted by Gasteiger charge is 2.26. The fourth-order valence-corrected chi connectivity index (χ4v) is 4.17. The van der Waals surface area contributed by atoms with Gasteiger partial charge in [-0.05, 0) is 43.5 Å². The van der Waals surface area contributed by atoms with E-state index >= 15 is 0 Å². The van der Waals surface area contributed by atoms with Gasteiger partial charge in [0.2, 0.25) is 10.0 Å². The lowest BCUT2D eigenvalue weighted by Crippen LogP contribution is -2.42. The topological polar surface area (TPSA) is 43.9 Å². The van der Waals surface area contributed by atoms with Gasteiger partial charge in [0, 0.05) is 46.0 Å². The van der Waals surface area contributed by atoms with Gasteiger partial charge < -0.3 is 9.80 Å². The molecule has 6 heteroatoms. The molecule has 0 amide bonds. The van der Waals surface area contributed by atoms with E-state index in [4.69, 9.17) is 0 Å². The van der Waals surface area contributed by atoms with Crippen LogP contribution in [0, 0.1) is 5.92 Å². The maximum Gasteiger partial charge on any atom is 0.211 e. The first-order valence-electron chi connectivity index (χ1n) is 8.15. The molecule has 1 aromatic carbocycles. The molecule has 23 heavy (non-hydrogen) atoms. The molecule has 1 aliphatic heterocycles. The lowest BCUT2D eigenvalue weighted by molar-refractivity contribution is 0.197. The summed E-state index contributed by atoms with van der Waals surface area (Å²) in [5.41, 5.74) is 2.49. The molecule has 130 valence electrons. The smallest absolute Gasteiger partial charge is 0.211 e. The second kappa shape index (κ2) is 7.64. The first-order valence-corrected chi connectivity index (χ1v) is 10.0. The van der Waals surface area contributed by atoms with Crippen LogP contribution in [0.4, 0.5) is 5.69 Å². The maximum absolute atomic E-state index is 11.7. The van der Waals surface area contributed by atoms with E-state index in [1.54, 1.807) is 4.31 Å². The van der Waals surface area contributed by atoms with Crippen LogP contribution in [0.5, 0.6) is 0 Å². The summed E-state index contributed by atoms with van der Waals surface area (Å²) in [5.74, 6) is 0.417. The molecule has 0 spiro atoms. The average molecular weight is 340 g/mol. The molecule has 0 N–H and O–H groups in total. The molecule has 1 saturated heterocycles. The number of anilines is 1. The molecule has 1 aliphatic rings. The fourth-order valence-electron chi connectivity index (χ4n) is 3.23. The van der Waals surface area contributed by atoms with Crippen LogP contribution in [0.3, 0.4) is 0 Å². The van der Waals surface area contributed by atoms with Crippen molar-refractivity contribution in [2.75, 3.05) is 51.9 Å². The van der Waals surface area contributed by atoms with Crippen LogP contribution in [0.25, 0.3) is 0 Å². The van der Waals surface area contributed by atoms with E-state index in [0.717, 1.165) is 25.9 Å². The zero-order chi connectivity index (χ0) is 17.0. The Bertz CT molecular complexity index is 616. The van der Waals surface area contributed by atoms with Crippen molar-refractivity contribution in [3.8, 4) is 0 Å². The SMILES string of the molecule is CN(Cc1cccc(N(C)C)c1)C[C@H]1CCCN(S(C)(=O)=O)C1. The third kappa shape index (κ3) is 5.48. The minimum absolute atomic E-state index is 0.417. The standard InChI is InChI=1S/C17H29N3O2S/c1-18(2)17-9-5-7-15(11-17)12-19(3)13-16-8-6-10-20(14-16)23(4,21)22/h5,7,9,11,16H,6,8,10,12-14H2,1-4H3/t16-/m1/s1. The van der Waals surface area contributed by atoms with Crippen LogP contribution >= 0.6 is 0 Å². The zero-order valence-corrected chi connectivity index (χ0v) is 15.5. The van der Waals surface area contributed by atoms with Crippen molar-refractivity contribution in [3.05, 3.63) is 29.8 Å². The number of hydrogen-bond acceptors (Lipinski definition) is 4. The molecule has 0 bridgehead atoms. The predicted octanol–water partition coefficient (Wildman–Crippen LogP) is 1.86. The molecule has 1 atom stereocenters. The Kier molecular flexibility index (Phi) is 6.06. The van der Waals surface area contributed by atoms with E-state index in [-0.39, 0.29) is 0 Å². The van der Waals surface area contributed by atoms with E-state index in [0.29, 0.717) is 19.0 Å². The highest BCUT2D eigenvalue weighted by molar-refractivity contribution is 7.88. The summed E-state index contributed by atoms with van der Waals surface area (Å²) in [6, 6.07) is 8.55. The van der Waals surface area contributed by atoms with Crippen molar-refractivity contribution >= 4 is 15.7 Å². The molecule has 0 radical (unpaired) electrons. The van der Waals surface area contributed by atoms with Crippen LogP contribution < -0.4 is 4.90 Å². The van der Waals surface area contributed by atoms with Crippen molar-refractivity contribution in [3.63, 3.8) is 0 Å². The van der Waals surface area contributed by atoms with Gasteiger partial charge in [0.1, 0.15) is 0 Å². The van der Waals surface area contributed by atoms with Gasteiger partial charge in [-0.3, -0.25) is 0 Å². The summed E-state index contributed by atoms with van der Waals surface area (Å²) in [6.45, 7) is 3.14. The Balaban J connectivity index is 1.92. The normalized spacial score (nSPS) is 20.0. The summed E-state index contributed by atoms with van der Waals surface area (Å²) < 4.78 is 25.1. The quantitative estimate of drug-likeness (QED) is 0.793. The number of sulfonamides is 1. The Morgan fingerprint density at radius 2 is 2.00 bits per heavy atom. The van der Waals surface area contributed by atoms with Gasteiger partial charge in [0.25, 0.3) is 0 Å². The summed E-state index contributed by atoms with van der Waals surface area (Å²) >= 11 is 0. The van der Waals surface area contributed by atoms with Crippen LogP contribution in [0.15, 0.2) is 24.3 Å². The first-order chi connectivity index (χ1) is 10.8. The summed E-state index contributed by atoms with van der Waals surface area (Å²) in [7, 11) is 3.15. The van der Waals surface area contributed by atoms with Gasteiger partial charge in [-0.15, -0.1) is 0 Å². The number of hydrogen-bond donors (Lipinski definition) is 0. The van der Waals surface area contributed by atoms with E-state index in [1.165, 1.54) is 17.5 Å². The van der Waals surface area contributed by atoms with E-state index < -0.39 is 10.0 Å². The van der Waals surface area contributed by atoms with Gasteiger partial charge in [0.05, 0.1) is 6.26 Å². The molecule has 5 nitrogen and oxygen atoms in total. The minimum Gasteiger partial charge on any atom is -0.378 e. The lowest BCUT2D eigenvalue weighted by Gasteiger charge is -2.33. The molecule has 0 unspecified atom stereocenters. The highest BCUT2D eigenvalue weighted by atomic mass is 32.2. The van der Waals surface area contributed by atoms with E-state index in [1.807, 2.05) is 14.1 Å². The molecule has 0 aromatic heterocycles. The Morgan fingerprint density at radius 3 is 2.65 bits per heavy atom. The molecular weight excluding hydrogens is 310 g/mol. The number of nitrogens with zero attached hydrogens (tertiary/aromatic N) is 3. The van der Waals surface area contributed by atoms with Crippen LogP contribution in [0.1, 0.15) is 18.4 Å². The van der Waals surface area contributed by atoms with Gasteiger partial charge in [-0.2, -0.15) is 0 Å². The summed E-state index contributed by atoms with van der Waals surface area (Å²) in [5, 5.41) is 0. The molecule has 2 rings (SSSR count). The fraction of sp³-hybridized carbons (Fsp3) is 0.647. The van der Waals surface area contributed by atoms with Crippen LogP contribution in [-0.2, 0) is 16.6 Å². The Labute approximate surface area is 140 Å². The number of rotatable bonds is 6. The third-order valence-electron chi connectivity index (χ3n) is 4.40.